The number of fused-ring (bicyclic) bond motifs is 1. The number of rotatable bonds is 7. The van der Waals surface area contributed by atoms with Crippen LogP contribution in [0.25, 0.3) is 0 Å². The highest BCUT2D eigenvalue weighted by molar-refractivity contribution is 9.10. The Morgan fingerprint density at radius 3 is 2.60 bits per heavy atom. The van der Waals surface area contributed by atoms with Gasteiger partial charge in [0, 0.05) is 48.8 Å². The van der Waals surface area contributed by atoms with E-state index in [1.807, 2.05) is 12.1 Å². The quantitative estimate of drug-likeness (QED) is 0.565. The van der Waals surface area contributed by atoms with Gasteiger partial charge in [0.25, 0.3) is 0 Å². The molecule has 0 bridgehead atoms. The number of nitrogens with one attached hydrogen (secondary N) is 1. The number of ether oxygens (including phenoxy) is 1. The van der Waals surface area contributed by atoms with Gasteiger partial charge in [0.1, 0.15) is 5.75 Å². The van der Waals surface area contributed by atoms with Crippen LogP contribution in [-0.2, 0) is 11.2 Å². The van der Waals surface area contributed by atoms with Gasteiger partial charge in [-0.15, -0.1) is 12.4 Å². The molecule has 1 fully saturated rings. The lowest BCUT2D eigenvalue weighted by molar-refractivity contribution is -0.116. The van der Waals surface area contributed by atoms with Crippen molar-refractivity contribution in [3.63, 3.8) is 0 Å². The van der Waals surface area contributed by atoms with Gasteiger partial charge in [-0.25, -0.2) is 0 Å². The highest BCUT2D eigenvalue weighted by atomic mass is 79.9. The highest BCUT2D eigenvalue weighted by Crippen LogP contribution is 2.28. The average molecular weight is 495 g/mol. The third-order valence-electron chi connectivity index (χ3n) is 5.68. The van der Waals surface area contributed by atoms with Crippen molar-refractivity contribution >= 4 is 45.6 Å². The summed E-state index contributed by atoms with van der Waals surface area (Å²) >= 11 is 3.66. The average Bonchev–Trinajstić information content (AvgIpc) is 2.74. The molecule has 5 nitrogen and oxygen atoms in total. The van der Waals surface area contributed by atoms with E-state index in [9.17, 15) is 4.79 Å². The minimum Gasteiger partial charge on any atom is -0.494 e. The van der Waals surface area contributed by atoms with E-state index in [1.165, 1.54) is 15.7 Å². The molecule has 2 aliphatic heterocycles. The van der Waals surface area contributed by atoms with Gasteiger partial charge in [-0.1, -0.05) is 18.2 Å². The molecule has 30 heavy (non-hydrogen) atoms. The van der Waals surface area contributed by atoms with Gasteiger partial charge in [-0.3, -0.25) is 9.69 Å². The van der Waals surface area contributed by atoms with Gasteiger partial charge in [0.15, 0.2) is 0 Å². The lowest BCUT2D eigenvalue weighted by Gasteiger charge is -2.36. The van der Waals surface area contributed by atoms with Crippen LogP contribution < -0.4 is 15.0 Å². The number of hydrogen-bond donors (Lipinski definition) is 1. The first-order valence-electron chi connectivity index (χ1n) is 10.5. The van der Waals surface area contributed by atoms with Gasteiger partial charge < -0.3 is 15.0 Å². The molecule has 1 amide bonds. The van der Waals surface area contributed by atoms with Crippen molar-refractivity contribution in [1.82, 2.24) is 4.90 Å². The number of hydrogen-bond acceptors (Lipinski definition) is 4. The predicted octanol–water partition coefficient (Wildman–Crippen LogP) is 4.74. The number of piperazine rings is 1. The van der Waals surface area contributed by atoms with Crippen LogP contribution in [0.2, 0.25) is 0 Å². The number of nitrogens with zero attached hydrogens (tertiary/aromatic N) is 2. The molecule has 1 saturated heterocycles. The summed E-state index contributed by atoms with van der Waals surface area (Å²) in [6.07, 6.45) is 3.56. The zero-order valence-electron chi connectivity index (χ0n) is 17.1. The second-order valence-electron chi connectivity index (χ2n) is 7.70. The van der Waals surface area contributed by atoms with E-state index in [0.717, 1.165) is 63.4 Å². The second kappa shape index (κ2) is 11.0. The third kappa shape index (κ3) is 5.90. The fourth-order valence-corrected chi connectivity index (χ4v) is 4.52. The molecule has 0 saturated carbocycles. The largest absolute Gasteiger partial charge is 0.494 e. The Labute approximate surface area is 193 Å². The topological polar surface area (TPSA) is 44.8 Å². The number of halogens is 2. The molecule has 4 rings (SSSR count). The molecule has 0 aliphatic carbocycles. The van der Waals surface area contributed by atoms with Crippen LogP contribution >= 0.6 is 28.3 Å². The summed E-state index contributed by atoms with van der Waals surface area (Å²) in [6, 6.07) is 14.5. The Kier molecular flexibility index (Phi) is 8.42. The van der Waals surface area contributed by atoms with Crippen molar-refractivity contribution in [3.8, 4) is 5.75 Å². The summed E-state index contributed by atoms with van der Waals surface area (Å²) in [7, 11) is 0. The van der Waals surface area contributed by atoms with Gasteiger partial charge in [0.2, 0.25) is 5.91 Å². The predicted molar refractivity (Wildman–Crippen MR) is 128 cm³/mol. The Bertz CT molecular complexity index is 856. The molecule has 162 valence electrons. The summed E-state index contributed by atoms with van der Waals surface area (Å²) in [6.45, 7) is 6.18. The number of aryl methyl sites for hydroxylation is 1. The first kappa shape index (κ1) is 22.9. The highest BCUT2D eigenvalue weighted by Gasteiger charge is 2.18. The SMILES string of the molecule is Cl.O=C1CCc2ccc(OCCCCN3CCN(c4ccccc4Br)CC3)cc2N1. The lowest BCUT2D eigenvalue weighted by atomic mass is 10.0. The maximum absolute atomic E-state index is 11.5. The minimum absolute atomic E-state index is 0. The summed E-state index contributed by atoms with van der Waals surface area (Å²) in [4.78, 5) is 16.5. The van der Waals surface area contributed by atoms with E-state index >= 15 is 0 Å². The van der Waals surface area contributed by atoms with Crippen molar-refractivity contribution in [2.45, 2.75) is 25.7 Å². The van der Waals surface area contributed by atoms with E-state index < -0.39 is 0 Å². The maximum Gasteiger partial charge on any atom is 0.224 e. The number of benzene rings is 2. The fraction of sp³-hybridized carbons (Fsp3) is 0.435. The number of anilines is 2. The van der Waals surface area contributed by atoms with Crippen LogP contribution in [0.1, 0.15) is 24.8 Å². The molecule has 0 unspecified atom stereocenters. The Morgan fingerprint density at radius 1 is 1.00 bits per heavy atom. The minimum atomic E-state index is 0. The summed E-state index contributed by atoms with van der Waals surface area (Å²) in [5.74, 6) is 0.933. The van der Waals surface area contributed by atoms with Crippen molar-refractivity contribution in [1.29, 1.82) is 0 Å². The Balaban J connectivity index is 0.00000256. The first-order valence-corrected chi connectivity index (χ1v) is 11.3. The van der Waals surface area contributed by atoms with Gasteiger partial charge in [-0.2, -0.15) is 0 Å². The lowest BCUT2D eigenvalue weighted by Crippen LogP contribution is -2.46. The van der Waals surface area contributed by atoms with Gasteiger partial charge in [-0.05, 0) is 65.5 Å². The third-order valence-corrected chi connectivity index (χ3v) is 6.35. The molecule has 2 aliphatic rings. The molecule has 2 aromatic carbocycles. The van der Waals surface area contributed by atoms with Crippen LogP contribution in [-0.4, -0.2) is 50.1 Å². The van der Waals surface area contributed by atoms with Crippen molar-refractivity contribution in [2.75, 3.05) is 49.5 Å². The van der Waals surface area contributed by atoms with E-state index in [-0.39, 0.29) is 18.3 Å². The van der Waals surface area contributed by atoms with Crippen LogP contribution in [0.3, 0.4) is 0 Å². The molecule has 0 radical (unpaired) electrons. The zero-order valence-corrected chi connectivity index (χ0v) is 19.5. The second-order valence-corrected chi connectivity index (χ2v) is 8.56. The van der Waals surface area contributed by atoms with Crippen LogP contribution in [0.4, 0.5) is 11.4 Å². The van der Waals surface area contributed by atoms with E-state index in [1.54, 1.807) is 0 Å². The van der Waals surface area contributed by atoms with Crippen molar-refractivity contribution in [3.05, 3.63) is 52.5 Å². The Morgan fingerprint density at radius 2 is 1.80 bits per heavy atom. The molecule has 0 atom stereocenters. The zero-order chi connectivity index (χ0) is 20.1. The molecular weight excluding hydrogens is 466 g/mol. The molecule has 0 spiro atoms. The van der Waals surface area contributed by atoms with E-state index in [4.69, 9.17) is 4.74 Å². The first-order chi connectivity index (χ1) is 14.2. The van der Waals surface area contributed by atoms with E-state index in [0.29, 0.717) is 13.0 Å². The molecule has 0 aromatic heterocycles. The molecule has 1 N–H and O–H groups in total. The summed E-state index contributed by atoms with van der Waals surface area (Å²) < 4.78 is 7.08. The van der Waals surface area contributed by atoms with Gasteiger partial charge >= 0.3 is 0 Å². The monoisotopic (exact) mass is 493 g/mol. The molecule has 2 heterocycles. The van der Waals surface area contributed by atoms with Crippen LogP contribution in [0.15, 0.2) is 46.9 Å². The summed E-state index contributed by atoms with van der Waals surface area (Å²) in [5, 5.41) is 2.93. The number of carbonyl (C=O) groups is 1. The maximum atomic E-state index is 11.5. The smallest absolute Gasteiger partial charge is 0.224 e. The summed E-state index contributed by atoms with van der Waals surface area (Å²) in [5.41, 5.74) is 3.39. The number of para-hydroxylation sites is 1. The fourth-order valence-electron chi connectivity index (χ4n) is 3.99. The number of carbonyl (C=O) groups excluding carboxylic acids is 1. The van der Waals surface area contributed by atoms with Crippen LogP contribution in [0.5, 0.6) is 5.75 Å². The van der Waals surface area contributed by atoms with Crippen molar-refractivity contribution < 1.29 is 9.53 Å². The van der Waals surface area contributed by atoms with Crippen molar-refractivity contribution in [2.24, 2.45) is 0 Å². The van der Waals surface area contributed by atoms with Crippen LogP contribution in [0, 0.1) is 0 Å². The molecular formula is C23H29BrClN3O2. The normalized spacial score (nSPS) is 16.4. The van der Waals surface area contributed by atoms with Gasteiger partial charge in [0.05, 0.1) is 12.3 Å². The number of amides is 1. The standard InChI is InChI=1S/C23H28BrN3O2.ClH/c24-20-5-1-2-6-22(20)27-14-12-26(13-15-27)11-3-4-16-29-19-9-7-18-8-10-23(28)25-21(18)17-19;/h1-2,5-7,9,17H,3-4,8,10-16H2,(H,25,28);1H. The van der Waals surface area contributed by atoms with E-state index in [2.05, 4.69) is 61.4 Å². The molecule has 7 heteroatoms. The number of unbranched alkanes of at least 4 members (excludes halogenated alkanes) is 1. The molecule has 2 aromatic rings. The Hall–Kier alpha value is -1.76.